The van der Waals surface area contributed by atoms with E-state index in [4.69, 9.17) is 4.52 Å². The average molecular weight is 320 g/mol. The van der Waals surface area contributed by atoms with Crippen molar-refractivity contribution in [1.29, 1.82) is 0 Å². The Morgan fingerprint density at radius 1 is 1.12 bits per heavy atom. The van der Waals surface area contributed by atoms with Crippen LogP contribution in [0.5, 0.6) is 0 Å². The van der Waals surface area contributed by atoms with Crippen LogP contribution in [0.1, 0.15) is 22.6 Å². The van der Waals surface area contributed by atoms with Gasteiger partial charge < -0.3 is 14.9 Å². The summed E-state index contributed by atoms with van der Waals surface area (Å²) >= 11 is 0. The number of hydrogen-bond acceptors (Lipinski definition) is 4. The van der Waals surface area contributed by atoms with E-state index in [9.17, 15) is 9.90 Å². The Balaban J connectivity index is 1.93. The Morgan fingerprint density at radius 2 is 1.88 bits per heavy atom. The fourth-order valence-corrected chi connectivity index (χ4v) is 3.30. The second-order valence-electron chi connectivity index (χ2n) is 5.99. The monoisotopic (exact) mass is 320 g/mol. The highest BCUT2D eigenvalue weighted by Crippen LogP contribution is 2.43. The van der Waals surface area contributed by atoms with Gasteiger partial charge in [0.2, 0.25) is 0 Å². The number of carbonyl (C=O) groups is 1. The van der Waals surface area contributed by atoms with Crippen molar-refractivity contribution in [2.45, 2.75) is 19.4 Å². The van der Waals surface area contributed by atoms with E-state index >= 15 is 0 Å². The van der Waals surface area contributed by atoms with Crippen LogP contribution in [-0.2, 0) is 10.4 Å². The number of fused-ring (bicyclic) bond motifs is 1. The van der Waals surface area contributed by atoms with Gasteiger partial charge in [0.05, 0.1) is 5.69 Å². The quantitative estimate of drug-likeness (QED) is 0.760. The molecular weight excluding hydrogens is 304 g/mol. The Morgan fingerprint density at radius 3 is 2.54 bits per heavy atom. The molecule has 0 unspecified atom stereocenters. The van der Waals surface area contributed by atoms with Crippen LogP contribution < -0.4 is 5.32 Å². The first-order valence-electron chi connectivity index (χ1n) is 7.69. The summed E-state index contributed by atoms with van der Waals surface area (Å²) in [4.78, 5) is 12.5. The van der Waals surface area contributed by atoms with Crippen molar-refractivity contribution in [1.82, 2.24) is 5.16 Å². The van der Waals surface area contributed by atoms with Gasteiger partial charge in [0.1, 0.15) is 5.76 Å². The van der Waals surface area contributed by atoms with Gasteiger partial charge in [-0.25, -0.2) is 0 Å². The van der Waals surface area contributed by atoms with E-state index in [0.29, 0.717) is 22.6 Å². The number of nitrogens with one attached hydrogen (secondary N) is 1. The van der Waals surface area contributed by atoms with Gasteiger partial charge in [-0.2, -0.15) is 0 Å². The Hall–Kier alpha value is -2.92. The van der Waals surface area contributed by atoms with E-state index in [-0.39, 0.29) is 0 Å². The molecule has 24 heavy (non-hydrogen) atoms. The van der Waals surface area contributed by atoms with Crippen LogP contribution in [0.3, 0.4) is 0 Å². The second kappa shape index (κ2) is 5.04. The third kappa shape index (κ3) is 1.91. The van der Waals surface area contributed by atoms with Crippen LogP contribution in [-0.4, -0.2) is 16.2 Å². The molecule has 2 N–H and O–H groups in total. The molecular formula is C19H16N2O3. The average Bonchev–Trinajstić information content (AvgIpc) is 3.06. The third-order valence-corrected chi connectivity index (χ3v) is 4.50. The summed E-state index contributed by atoms with van der Waals surface area (Å²) < 4.78 is 5.23. The maximum absolute atomic E-state index is 12.5. The molecule has 0 radical (unpaired) electrons. The molecule has 1 atom stereocenters. The van der Waals surface area contributed by atoms with Crippen LogP contribution in [0.25, 0.3) is 11.1 Å². The van der Waals surface area contributed by atoms with E-state index in [1.807, 2.05) is 32.0 Å². The number of amides is 1. The first-order valence-corrected chi connectivity index (χ1v) is 7.69. The number of rotatable bonds is 2. The van der Waals surface area contributed by atoms with E-state index in [2.05, 4.69) is 10.5 Å². The number of aliphatic hydroxyl groups is 1. The van der Waals surface area contributed by atoms with Crippen molar-refractivity contribution >= 4 is 11.6 Å². The van der Waals surface area contributed by atoms with Gasteiger partial charge in [0.15, 0.2) is 5.60 Å². The molecule has 0 bridgehead atoms. The van der Waals surface area contributed by atoms with E-state index < -0.39 is 11.5 Å². The van der Waals surface area contributed by atoms with Crippen molar-refractivity contribution < 1.29 is 14.4 Å². The van der Waals surface area contributed by atoms with Gasteiger partial charge >= 0.3 is 0 Å². The lowest BCUT2D eigenvalue weighted by atomic mass is 9.86. The molecule has 1 aromatic heterocycles. The normalized spacial score (nSPS) is 19.2. The fraction of sp³-hybridized carbons (Fsp3) is 0.158. The molecule has 0 saturated carbocycles. The number of carbonyl (C=O) groups excluding carboxylic acids is 1. The minimum atomic E-state index is -1.70. The zero-order chi connectivity index (χ0) is 16.9. The van der Waals surface area contributed by atoms with Gasteiger partial charge in [-0.15, -0.1) is 0 Å². The maximum Gasteiger partial charge on any atom is 0.265 e. The molecule has 1 aliphatic heterocycles. The van der Waals surface area contributed by atoms with E-state index in [1.165, 1.54) is 0 Å². The molecule has 1 aliphatic rings. The highest BCUT2D eigenvalue weighted by atomic mass is 16.5. The summed E-state index contributed by atoms with van der Waals surface area (Å²) in [6.45, 7) is 3.71. The molecule has 4 rings (SSSR count). The lowest BCUT2D eigenvalue weighted by Gasteiger charge is -2.21. The van der Waals surface area contributed by atoms with Crippen molar-refractivity contribution in [3.8, 4) is 11.1 Å². The SMILES string of the molecule is Cc1noc(C)c1-c1ccc2c(c1)[C@](O)(c1ccccc1)C(=O)N2. The van der Waals surface area contributed by atoms with Crippen molar-refractivity contribution in [2.75, 3.05) is 5.32 Å². The number of aromatic nitrogens is 1. The molecule has 120 valence electrons. The van der Waals surface area contributed by atoms with Crippen LogP contribution in [0, 0.1) is 13.8 Å². The third-order valence-electron chi connectivity index (χ3n) is 4.50. The predicted octanol–water partition coefficient (Wildman–Crippen LogP) is 3.15. The maximum atomic E-state index is 12.5. The molecule has 5 nitrogen and oxygen atoms in total. The summed E-state index contributed by atoms with van der Waals surface area (Å²) in [5, 5.41) is 17.9. The molecule has 0 saturated heterocycles. The van der Waals surface area contributed by atoms with Gasteiger partial charge in [0.25, 0.3) is 5.91 Å². The van der Waals surface area contributed by atoms with Gasteiger partial charge in [-0.3, -0.25) is 4.79 Å². The molecule has 2 aromatic carbocycles. The minimum Gasteiger partial charge on any atom is -0.372 e. The lowest BCUT2D eigenvalue weighted by Crippen LogP contribution is -2.35. The van der Waals surface area contributed by atoms with Crippen LogP contribution in [0.4, 0.5) is 5.69 Å². The molecule has 5 heteroatoms. The zero-order valence-electron chi connectivity index (χ0n) is 13.3. The van der Waals surface area contributed by atoms with Crippen molar-refractivity contribution in [2.24, 2.45) is 0 Å². The van der Waals surface area contributed by atoms with Crippen LogP contribution >= 0.6 is 0 Å². The van der Waals surface area contributed by atoms with Crippen LogP contribution in [0.15, 0.2) is 53.1 Å². The van der Waals surface area contributed by atoms with Gasteiger partial charge in [0, 0.05) is 16.8 Å². The Labute approximate surface area is 138 Å². The first-order chi connectivity index (χ1) is 11.5. The molecule has 2 heterocycles. The number of hydrogen-bond donors (Lipinski definition) is 2. The van der Waals surface area contributed by atoms with Gasteiger partial charge in [-0.05, 0) is 37.1 Å². The fourth-order valence-electron chi connectivity index (χ4n) is 3.30. The smallest absolute Gasteiger partial charge is 0.265 e. The molecule has 3 aromatic rings. The molecule has 1 amide bonds. The summed E-state index contributed by atoms with van der Waals surface area (Å²) in [5.74, 6) is 0.257. The Bertz CT molecular complexity index is 927. The number of benzene rings is 2. The number of anilines is 1. The predicted molar refractivity (Wildman–Crippen MR) is 89.5 cm³/mol. The molecule has 0 aliphatic carbocycles. The summed E-state index contributed by atoms with van der Waals surface area (Å²) in [7, 11) is 0. The standard InChI is InChI=1S/C19H16N2O3/c1-11-17(12(2)24-21-11)13-8-9-16-15(10-13)19(23,18(22)20-16)14-6-4-3-5-7-14/h3-10,23H,1-2H3,(H,20,22)/t19-/m1/s1. The summed E-state index contributed by atoms with van der Waals surface area (Å²) in [6.07, 6.45) is 0. The summed E-state index contributed by atoms with van der Waals surface area (Å²) in [5.41, 5.74) is 2.50. The van der Waals surface area contributed by atoms with Gasteiger partial charge in [-0.1, -0.05) is 41.6 Å². The lowest BCUT2D eigenvalue weighted by molar-refractivity contribution is -0.129. The zero-order valence-corrected chi connectivity index (χ0v) is 13.3. The number of aryl methyl sites for hydroxylation is 2. The molecule has 0 spiro atoms. The topological polar surface area (TPSA) is 75.4 Å². The highest BCUT2D eigenvalue weighted by molar-refractivity contribution is 6.07. The van der Waals surface area contributed by atoms with Crippen LogP contribution in [0.2, 0.25) is 0 Å². The summed E-state index contributed by atoms with van der Waals surface area (Å²) in [6, 6.07) is 14.5. The van der Waals surface area contributed by atoms with Crippen molar-refractivity contribution in [3.63, 3.8) is 0 Å². The molecule has 0 fully saturated rings. The number of nitrogens with zero attached hydrogens (tertiary/aromatic N) is 1. The van der Waals surface area contributed by atoms with Crippen molar-refractivity contribution in [3.05, 3.63) is 71.1 Å². The minimum absolute atomic E-state index is 0.445. The largest absolute Gasteiger partial charge is 0.372 e. The Kier molecular flexibility index (Phi) is 3.08. The van der Waals surface area contributed by atoms with E-state index in [0.717, 1.165) is 16.8 Å². The van der Waals surface area contributed by atoms with E-state index in [1.54, 1.807) is 30.3 Å². The highest BCUT2D eigenvalue weighted by Gasteiger charge is 2.46. The first kappa shape index (κ1) is 14.7. The second-order valence-corrected chi connectivity index (χ2v) is 5.99.